The zero-order valence-electron chi connectivity index (χ0n) is 10.6. The molecule has 1 aliphatic rings. The zero-order valence-corrected chi connectivity index (χ0v) is 10.6. The molecule has 0 bridgehead atoms. The van der Waals surface area contributed by atoms with Gasteiger partial charge in [-0.2, -0.15) is 0 Å². The Labute approximate surface area is 106 Å². The minimum atomic E-state index is -1.11. The second-order valence-electron chi connectivity index (χ2n) is 5.08. The highest BCUT2D eigenvalue weighted by molar-refractivity contribution is 5.93. The van der Waals surface area contributed by atoms with Crippen molar-refractivity contribution in [2.24, 2.45) is 0 Å². The summed E-state index contributed by atoms with van der Waals surface area (Å²) in [5, 5.41) is 12.2. The molecular formula is C14H17NO3. The summed E-state index contributed by atoms with van der Waals surface area (Å²) in [4.78, 5) is 23.1. The Bertz CT molecular complexity index is 496. The van der Waals surface area contributed by atoms with Gasteiger partial charge in [-0.05, 0) is 17.0 Å². The van der Waals surface area contributed by atoms with E-state index in [9.17, 15) is 14.7 Å². The number of nitrogens with one attached hydrogen (secondary N) is 1. The van der Waals surface area contributed by atoms with E-state index in [0.29, 0.717) is 0 Å². The van der Waals surface area contributed by atoms with Crippen molar-refractivity contribution >= 4 is 11.9 Å². The summed E-state index contributed by atoms with van der Waals surface area (Å²) in [7, 11) is 0. The largest absolute Gasteiger partial charge is 0.481 e. The van der Waals surface area contributed by atoms with Gasteiger partial charge in [0.2, 0.25) is 5.91 Å². The van der Waals surface area contributed by atoms with Gasteiger partial charge in [0.1, 0.15) is 5.41 Å². The molecule has 1 aliphatic heterocycles. The molecule has 0 aromatic heterocycles. The van der Waals surface area contributed by atoms with Crippen molar-refractivity contribution in [2.75, 3.05) is 6.54 Å². The van der Waals surface area contributed by atoms with Crippen molar-refractivity contribution < 1.29 is 14.7 Å². The van der Waals surface area contributed by atoms with Crippen LogP contribution in [0.2, 0.25) is 0 Å². The first-order chi connectivity index (χ1) is 8.47. The Balaban J connectivity index is 2.57. The van der Waals surface area contributed by atoms with Crippen molar-refractivity contribution in [2.45, 2.75) is 31.6 Å². The molecule has 0 radical (unpaired) electrons. The van der Waals surface area contributed by atoms with Crippen molar-refractivity contribution in [3.63, 3.8) is 0 Å². The molecule has 2 N–H and O–H groups in total. The minimum Gasteiger partial charge on any atom is -0.481 e. The molecule has 96 valence electrons. The van der Waals surface area contributed by atoms with Crippen LogP contribution in [0.1, 0.15) is 37.3 Å². The predicted octanol–water partition coefficient (Wildman–Crippen LogP) is 1.65. The minimum absolute atomic E-state index is 0.0199. The molecule has 4 heteroatoms. The van der Waals surface area contributed by atoms with Crippen molar-refractivity contribution in [1.82, 2.24) is 5.32 Å². The van der Waals surface area contributed by atoms with Crippen molar-refractivity contribution in [3.05, 3.63) is 35.4 Å². The maximum absolute atomic E-state index is 11.7. The van der Waals surface area contributed by atoms with E-state index >= 15 is 0 Å². The lowest BCUT2D eigenvalue weighted by Crippen LogP contribution is -2.39. The van der Waals surface area contributed by atoms with Gasteiger partial charge in [-0.3, -0.25) is 9.59 Å². The highest BCUT2D eigenvalue weighted by Gasteiger charge is 2.48. The lowest BCUT2D eigenvalue weighted by atomic mass is 9.75. The first kappa shape index (κ1) is 12.6. The van der Waals surface area contributed by atoms with Crippen LogP contribution in [-0.2, 0) is 15.0 Å². The van der Waals surface area contributed by atoms with Gasteiger partial charge in [-0.15, -0.1) is 0 Å². The van der Waals surface area contributed by atoms with Crippen LogP contribution >= 0.6 is 0 Å². The third kappa shape index (κ3) is 1.88. The van der Waals surface area contributed by atoms with Gasteiger partial charge in [0.15, 0.2) is 0 Å². The monoisotopic (exact) mass is 247 g/mol. The summed E-state index contributed by atoms with van der Waals surface area (Å²) in [6.07, 6.45) is 0.0199. The molecule has 0 saturated carbocycles. The molecule has 1 fully saturated rings. The quantitative estimate of drug-likeness (QED) is 0.853. The van der Waals surface area contributed by atoms with Gasteiger partial charge in [-0.25, -0.2) is 0 Å². The van der Waals surface area contributed by atoms with Crippen LogP contribution in [0.15, 0.2) is 24.3 Å². The molecule has 4 nitrogen and oxygen atoms in total. The standard InChI is InChI=1S/C14H17NO3/c1-9(2)10-5-3-4-6-11(10)14(13(17)18)7-12(16)15-8-14/h3-6,9H,7-8H2,1-2H3,(H,15,16)(H,17,18). The van der Waals surface area contributed by atoms with E-state index in [1.165, 1.54) is 0 Å². The highest BCUT2D eigenvalue weighted by atomic mass is 16.4. The van der Waals surface area contributed by atoms with Crippen LogP contribution in [-0.4, -0.2) is 23.5 Å². The molecular weight excluding hydrogens is 230 g/mol. The second-order valence-corrected chi connectivity index (χ2v) is 5.08. The number of rotatable bonds is 3. The van der Waals surface area contributed by atoms with E-state index in [4.69, 9.17) is 0 Å². The number of carboxylic acids is 1. The molecule has 1 aromatic rings. The topological polar surface area (TPSA) is 66.4 Å². The van der Waals surface area contributed by atoms with E-state index in [-0.39, 0.29) is 24.8 Å². The SMILES string of the molecule is CC(C)c1ccccc1C1(C(=O)O)CNC(=O)C1. The fourth-order valence-electron chi connectivity index (χ4n) is 2.54. The van der Waals surface area contributed by atoms with Crippen LogP contribution in [0, 0.1) is 0 Å². The number of carbonyl (C=O) groups is 2. The van der Waals surface area contributed by atoms with Crippen LogP contribution < -0.4 is 5.32 Å². The molecule has 1 aromatic carbocycles. The van der Waals surface area contributed by atoms with Gasteiger partial charge in [0, 0.05) is 13.0 Å². The number of hydrogen-bond acceptors (Lipinski definition) is 2. The predicted molar refractivity (Wildman–Crippen MR) is 67.5 cm³/mol. The first-order valence-corrected chi connectivity index (χ1v) is 6.07. The first-order valence-electron chi connectivity index (χ1n) is 6.07. The number of aliphatic carboxylic acids is 1. The van der Waals surface area contributed by atoms with Crippen LogP contribution in [0.5, 0.6) is 0 Å². The van der Waals surface area contributed by atoms with E-state index in [0.717, 1.165) is 11.1 Å². The maximum atomic E-state index is 11.7. The molecule has 1 amide bonds. The van der Waals surface area contributed by atoms with Gasteiger partial charge in [0.25, 0.3) is 0 Å². The lowest BCUT2D eigenvalue weighted by molar-refractivity contribution is -0.143. The zero-order chi connectivity index (χ0) is 13.3. The number of carboxylic acid groups (broad SMARTS) is 1. The summed E-state index contributed by atoms with van der Waals surface area (Å²) < 4.78 is 0. The molecule has 18 heavy (non-hydrogen) atoms. The van der Waals surface area contributed by atoms with Gasteiger partial charge < -0.3 is 10.4 Å². The number of carbonyl (C=O) groups excluding carboxylic acids is 1. The Kier molecular flexibility index (Phi) is 3.11. The number of amides is 1. The summed E-state index contributed by atoms with van der Waals surface area (Å²) >= 11 is 0. The molecule has 1 heterocycles. The molecule has 2 rings (SSSR count). The van der Waals surface area contributed by atoms with E-state index in [2.05, 4.69) is 5.32 Å². The Morgan fingerprint density at radius 3 is 2.56 bits per heavy atom. The van der Waals surface area contributed by atoms with Gasteiger partial charge in [0.05, 0.1) is 0 Å². The highest BCUT2D eigenvalue weighted by Crippen LogP contribution is 2.36. The fourth-order valence-corrected chi connectivity index (χ4v) is 2.54. The molecule has 1 saturated heterocycles. The Morgan fingerprint density at radius 1 is 1.39 bits per heavy atom. The number of benzene rings is 1. The number of hydrogen-bond donors (Lipinski definition) is 2. The van der Waals surface area contributed by atoms with Gasteiger partial charge in [-0.1, -0.05) is 38.1 Å². The third-order valence-electron chi connectivity index (χ3n) is 3.56. The Morgan fingerprint density at radius 2 is 2.06 bits per heavy atom. The molecule has 1 unspecified atom stereocenters. The average Bonchev–Trinajstić information content (AvgIpc) is 2.73. The van der Waals surface area contributed by atoms with Crippen molar-refractivity contribution in [3.8, 4) is 0 Å². The van der Waals surface area contributed by atoms with Crippen molar-refractivity contribution in [1.29, 1.82) is 0 Å². The van der Waals surface area contributed by atoms with Crippen LogP contribution in [0.25, 0.3) is 0 Å². The van der Waals surface area contributed by atoms with E-state index in [1.807, 2.05) is 38.1 Å². The fraction of sp³-hybridized carbons (Fsp3) is 0.429. The van der Waals surface area contributed by atoms with Crippen LogP contribution in [0.3, 0.4) is 0 Å². The van der Waals surface area contributed by atoms with E-state index in [1.54, 1.807) is 0 Å². The summed E-state index contributed by atoms with van der Waals surface area (Å²) in [6, 6.07) is 7.49. The second kappa shape index (κ2) is 4.44. The average molecular weight is 247 g/mol. The maximum Gasteiger partial charge on any atom is 0.316 e. The summed E-state index contributed by atoms with van der Waals surface area (Å²) in [5.41, 5.74) is 0.639. The third-order valence-corrected chi connectivity index (χ3v) is 3.56. The molecule has 1 atom stereocenters. The smallest absolute Gasteiger partial charge is 0.316 e. The lowest BCUT2D eigenvalue weighted by Gasteiger charge is -2.26. The normalized spacial score (nSPS) is 23.2. The summed E-state index contributed by atoms with van der Waals surface area (Å²) in [5.74, 6) is -0.905. The molecule has 0 spiro atoms. The van der Waals surface area contributed by atoms with Gasteiger partial charge >= 0.3 is 5.97 Å². The Hall–Kier alpha value is -1.84. The molecule has 0 aliphatic carbocycles. The van der Waals surface area contributed by atoms with E-state index < -0.39 is 11.4 Å². The summed E-state index contributed by atoms with van der Waals surface area (Å²) in [6.45, 7) is 4.22. The van der Waals surface area contributed by atoms with Crippen LogP contribution in [0.4, 0.5) is 0 Å².